The minimum Gasteiger partial charge on any atom is -0.377 e. The summed E-state index contributed by atoms with van der Waals surface area (Å²) in [5, 5.41) is 0. The minimum atomic E-state index is 0. The molecule has 8 heteroatoms. The standard InChI is InChI=1S/C44H39N7.ClH/c1-49-19-13-30(14-20-49)40-39-28-36-12-11-34(46-36)25-33-9-10-35(45-33)26-37-27-38(29-7-5-4-6-8-29)43(47-37)42(32-17-23-51(3)24-18-32)44(48-39)41(40)31-15-21-50(2)22-16-31;/h4-19,21,23,25-28,45,48H,20,22,24H2,1-3H3;1H. The number of likely N-dealkylation sites (N-methyl/N-ethyl adjacent to an activating group) is 3. The number of nitrogens with zero attached hydrogens (tertiary/aromatic N) is 5. The van der Waals surface area contributed by atoms with Crippen LogP contribution in [0.4, 0.5) is 0 Å². The maximum atomic E-state index is 5.49. The van der Waals surface area contributed by atoms with E-state index in [1.807, 2.05) is 0 Å². The van der Waals surface area contributed by atoms with Gasteiger partial charge in [0.15, 0.2) is 0 Å². The first-order valence-corrected chi connectivity index (χ1v) is 17.5. The number of hydrogen-bond acceptors (Lipinski definition) is 5. The zero-order chi connectivity index (χ0) is 34.5. The maximum absolute atomic E-state index is 5.49. The van der Waals surface area contributed by atoms with Gasteiger partial charge < -0.3 is 24.7 Å². The summed E-state index contributed by atoms with van der Waals surface area (Å²) in [6.07, 6.45) is 26.6. The molecule has 0 aliphatic carbocycles. The van der Waals surface area contributed by atoms with Gasteiger partial charge >= 0.3 is 0 Å². The van der Waals surface area contributed by atoms with Crippen molar-refractivity contribution in [2.75, 3.05) is 40.8 Å². The predicted molar refractivity (Wildman–Crippen MR) is 220 cm³/mol. The summed E-state index contributed by atoms with van der Waals surface area (Å²) >= 11 is 0. The van der Waals surface area contributed by atoms with E-state index < -0.39 is 0 Å². The Bertz CT molecular complexity index is 2500. The number of allylic oxidation sites excluding steroid dienone is 6. The molecule has 258 valence electrons. The lowest BCUT2D eigenvalue weighted by Gasteiger charge is -2.22. The van der Waals surface area contributed by atoms with Crippen LogP contribution in [-0.4, -0.2) is 75.4 Å². The first kappa shape index (κ1) is 33.1. The highest BCUT2D eigenvalue weighted by molar-refractivity contribution is 6.07. The Morgan fingerprint density at radius 3 is 1.71 bits per heavy atom. The van der Waals surface area contributed by atoms with Crippen molar-refractivity contribution in [3.05, 3.63) is 161 Å². The van der Waals surface area contributed by atoms with Crippen LogP contribution in [0.15, 0.2) is 116 Å². The zero-order valence-electron chi connectivity index (χ0n) is 29.5. The Labute approximate surface area is 310 Å². The molecule has 4 aromatic rings. The molecule has 0 amide bonds. The fraction of sp³-hybridized carbons (Fsp3) is 0.136. The molecule has 5 aliphatic heterocycles. The predicted octanol–water partition coefficient (Wildman–Crippen LogP) is 9.02. The molecule has 8 heterocycles. The highest BCUT2D eigenvalue weighted by Gasteiger charge is 2.26. The van der Waals surface area contributed by atoms with Crippen LogP contribution in [0.1, 0.15) is 45.0 Å². The highest BCUT2D eigenvalue weighted by atomic mass is 35.5. The Hall–Kier alpha value is -6.05. The number of aromatic amines is 2. The van der Waals surface area contributed by atoms with Gasteiger partial charge in [-0.25, -0.2) is 9.97 Å². The van der Waals surface area contributed by atoms with Gasteiger partial charge in [-0.05, 0) is 108 Å². The smallest absolute Gasteiger partial charge is 0.0815 e. The monoisotopic (exact) mass is 701 g/mol. The first-order chi connectivity index (χ1) is 24.9. The van der Waals surface area contributed by atoms with Crippen LogP contribution in [0.5, 0.6) is 0 Å². The van der Waals surface area contributed by atoms with E-state index in [4.69, 9.17) is 9.97 Å². The molecule has 0 radical (unpaired) electrons. The molecule has 0 saturated carbocycles. The van der Waals surface area contributed by atoms with Gasteiger partial charge in [0.2, 0.25) is 0 Å². The third kappa shape index (κ3) is 6.24. The number of halogens is 1. The van der Waals surface area contributed by atoms with Crippen molar-refractivity contribution in [1.82, 2.24) is 34.6 Å². The van der Waals surface area contributed by atoms with Crippen molar-refractivity contribution in [1.29, 1.82) is 0 Å². The van der Waals surface area contributed by atoms with Crippen LogP contribution in [0.3, 0.4) is 0 Å². The lowest BCUT2D eigenvalue weighted by Crippen LogP contribution is -2.15. The normalized spacial score (nSPS) is 16.4. The second-order valence-electron chi connectivity index (χ2n) is 13.7. The molecule has 2 N–H and O–H groups in total. The van der Waals surface area contributed by atoms with E-state index in [-0.39, 0.29) is 12.4 Å². The number of hydrogen-bond donors (Lipinski definition) is 2. The number of benzene rings is 1. The molecule has 3 aromatic heterocycles. The molecule has 5 aliphatic rings. The van der Waals surface area contributed by atoms with E-state index in [1.54, 1.807) is 0 Å². The van der Waals surface area contributed by atoms with Crippen molar-refractivity contribution in [3.8, 4) is 0 Å². The van der Waals surface area contributed by atoms with E-state index >= 15 is 0 Å². The van der Waals surface area contributed by atoms with Gasteiger partial charge in [0.05, 0.1) is 28.3 Å². The van der Waals surface area contributed by atoms with E-state index in [1.165, 1.54) is 11.1 Å². The highest BCUT2D eigenvalue weighted by Crippen LogP contribution is 2.43. The zero-order valence-corrected chi connectivity index (χ0v) is 30.3. The first-order valence-electron chi connectivity index (χ1n) is 17.5. The van der Waals surface area contributed by atoms with E-state index in [2.05, 4.69) is 180 Å². The molecule has 7 nitrogen and oxygen atoms in total. The van der Waals surface area contributed by atoms with Crippen molar-refractivity contribution in [3.63, 3.8) is 0 Å². The average Bonchev–Trinajstić information content (AvgIpc) is 3.95. The summed E-state index contributed by atoms with van der Waals surface area (Å²) < 4.78 is 0. The summed E-state index contributed by atoms with van der Waals surface area (Å²) in [5.41, 5.74) is 16.8. The van der Waals surface area contributed by atoms with Crippen LogP contribution in [0.25, 0.3) is 62.6 Å². The summed E-state index contributed by atoms with van der Waals surface area (Å²) in [6.45, 7) is 2.44. The number of rotatable bonds is 4. The lowest BCUT2D eigenvalue weighted by atomic mass is 9.89. The number of fused-ring (bicyclic) bond motifs is 8. The van der Waals surface area contributed by atoms with Crippen LogP contribution >= 0.6 is 12.4 Å². The maximum Gasteiger partial charge on any atom is 0.0815 e. The van der Waals surface area contributed by atoms with Crippen LogP contribution in [0.2, 0.25) is 0 Å². The lowest BCUT2D eigenvalue weighted by molar-refractivity contribution is 0.506. The summed E-state index contributed by atoms with van der Waals surface area (Å²) in [5.74, 6) is 0. The number of H-pyrrole nitrogens is 2. The topological polar surface area (TPSA) is 67.1 Å². The van der Waals surface area contributed by atoms with E-state index in [9.17, 15) is 0 Å². The molecular weight excluding hydrogens is 662 g/mol. The molecule has 8 bridgehead atoms. The molecule has 0 atom stereocenters. The molecule has 9 rings (SSSR count). The number of aromatic nitrogens is 4. The molecule has 0 spiro atoms. The van der Waals surface area contributed by atoms with Gasteiger partial charge in [0, 0.05) is 79.6 Å². The van der Waals surface area contributed by atoms with Crippen LogP contribution in [-0.2, 0) is 0 Å². The molecule has 52 heavy (non-hydrogen) atoms. The largest absolute Gasteiger partial charge is 0.377 e. The molecular formula is C44H40ClN7. The van der Waals surface area contributed by atoms with Gasteiger partial charge in [-0.1, -0.05) is 48.6 Å². The Morgan fingerprint density at radius 1 is 0.558 bits per heavy atom. The van der Waals surface area contributed by atoms with Gasteiger partial charge in [-0.3, -0.25) is 0 Å². The van der Waals surface area contributed by atoms with Crippen LogP contribution in [0, 0.1) is 0 Å². The van der Waals surface area contributed by atoms with E-state index in [0.29, 0.717) is 0 Å². The Balaban J connectivity index is 0.00000387. The summed E-state index contributed by atoms with van der Waals surface area (Å²) in [4.78, 5) is 24.7. The third-order valence-electron chi connectivity index (χ3n) is 9.89. The SMILES string of the molecule is CN1C=CC(c2c(C3=CCN(C)C=C3)c3[nH]c2cc2nc(cc4ccc(cc5nc(c3C3=CCN(C)C=C3)C(c3ccccc3)=C5)[nH]4)C=C2)=CC1.Cl. The quantitative estimate of drug-likeness (QED) is 0.192. The van der Waals surface area contributed by atoms with Crippen molar-refractivity contribution < 1.29 is 0 Å². The minimum absolute atomic E-state index is 0. The second-order valence-corrected chi connectivity index (χ2v) is 13.7. The van der Waals surface area contributed by atoms with Gasteiger partial charge in [0.1, 0.15) is 0 Å². The van der Waals surface area contributed by atoms with Crippen molar-refractivity contribution in [2.45, 2.75) is 0 Å². The van der Waals surface area contributed by atoms with Gasteiger partial charge in [0.25, 0.3) is 0 Å². The van der Waals surface area contributed by atoms with Crippen molar-refractivity contribution >= 4 is 75.0 Å². The molecule has 0 fully saturated rings. The summed E-state index contributed by atoms with van der Waals surface area (Å²) in [7, 11) is 6.33. The van der Waals surface area contributed by atoms with Crippen LogP contribution < -0.4 is 0 Å². The van der Waals surface area contributed by atoms with Crippen molar-refractivity contribution in [2.24, 2.45) is 0 Å². The second kappa shape index (κ2) is 13.6. The van der Waals surface area contributed by atoms with E-state index in [0.717, 1.165) is 97.9 Å². The average molecular weight is 702 g/mol. The molecule has 0 unspecified atom stereocenters. The fourth-order valence-corrected chi connectivity index (χ4v) is 7.26. The Morgan fingerprint density at radius 2 is 1.12 bits per heavy atom. The molecule has 1 aromatic carbocycles. The van der Waals surface area contributed by atoms with Gasteiger partial charge in [-0.2, -0.15) is 0 Å². The Kier molecular flexibility index (Phi) is 8.65. The fourth-order valence-electron chi connectivity index (χ4n) is 7.26. The molecule has 0 saturated heterocycles. The van der Waals surface area contributed by atoms with Gasteiger partial charge in [-0.15, -0.1) is 12.4 Å². The number of nitrogens with one attached hydrogen (secondary N) is 2. The summed E-state index contributed by atoms with van der Waals surface area (Å²) in [6, 6.07) is 21.3. The third-order valence-corrected chi connectivity index (χ3v) is 9.89.